The molecule has 0 atom stereocenters. The van der Waals surface area contributed by atoms with Crippen LogP contribution >= 0.6 is 0 Å². The van der Waals surface area contributed by atoms with E-state index in [4.69, 9.17) is 4.74 Å². The molecular weight excluding hydrogens is 338 g/mol. The Morgan fingerprint density at radius 1 is 1.19 bits per heavy atom. The number of benzene rings is 2. The predicted molar refractivity (Wildman–Crippen MR) is 97.5 cm³/mol. The highest BCUT2D eigenvalue weighted by Crippen LogP contribution is 2.23. The molecule has 0 aliphatic carbocycles. The molecule has 0 saturated heterocycles. The minimum atomic E-state index is -0.522. The molecule has 0 aliphatic rings. The molecule has 8 nitrogen and oxygen atoms in total. The maximum atomic E-state index is 12.2. The van der Waals surface area contributed by atoms with E-state index in [1.165, 1.54) is 25.3 Å². The van der Waals surface area contributed by atoms with Crippen molar-refractivity contribution in [3.8, 4) is 0 Å². The van der Waals surface area contributed by atoms with Crippen LogP contribution in [0.25, 0.3) is 0 Å². The van der Waals surface area contributed by atoms with Crippen molar-refractivity contribution in [2.75, 3.05) is 24.3 Å². The van der Waals surface area contributed by atoms with Crippen LogP contribution < -0.4 is 10.6 Å². The van der Waals surface area contributed by atoms with Gasteiger partial charge in [0.2, 0.25) is 5.91 Å². The molecule has 0 spiro atoms. The summed E-state index contributed by atoms with van der Waals surface area (Å²) in [6.45, 7) is 3.46. The van der Waals surface area contributed by atoms with Crippen molar-refractivity contribution in [1.82, 2.24) is 0 Å². The van der Waals surface area contributed by atoms with Gasteiger partial charge >= 0.3 is 5.97 Å². The number of amides is 1. The second-order valence-corrected chi connectivity index (χ2v) is 5.63. The molecule has 0 fully saturated rings. The van der Waals surface area contributed by atoms with E-state index in [1.807, 2.05) is 6.92 Å². The van der Waals surface area contributed by atoms with E-state index in [-0.39, 0.29) is 17.9 Å². The first kappa shape index (κ1) is 18.9. The molecule has 8 heteroatoms. The van der Waals surface area contributed by atoms with Crippen LogP contribution in [0.3, 0.4) is 0 Å². The second-order valence-electron chi connectivity index (χ2n) is 5.63. The fourth-order valence-corrected chi connectivity index (χ4v) is 2.42. The first-order valence-electron chi connectivity index (χ1n) is 7.80. The summed E-state index contributed by atoms with van der Waals surface area (Å²) >= 11 is 0. The Morgan fingerprint density at radius 2 is 1.88 bits per heavy atom. The van der Waals surface area contributed by atoms with E-state index >= 15 is 0 Å². The number of rotatable bonds is 6. The van der Waals surface area contributed by atoms with E-state index < -0.39 is 16.8 Å². The number of anilines is 2. The third-order valence-electron chi connectivity index (χ3n) is 3.90. The average molecular weight is 357 g/mol. The molecule has 1 amide bonds. The highest BCUT2D eigenvalue weighted by atomic mass is 16.6. The number of para-hydroxylation sites is 2. The molecule has 0 aromatic heterocycles. The molecule has 2 aromatic carbocycles. The van der Waals surface area contributed by atoms with Crippen molar-refractivity contribution >= 4 is 28.9 Å². The molecule has 2 aromatic rings. The fraction of sp³-hybridized carbons (Fsp3) is 0.222. The number of hydrogen-bond acceptors (Lipinski definition) is 6. The van der Waals surface area contributed by atoms with E-state index in [2.05, 4.69) is 10.6 Å². The predicted octanol–water partition coefficient (Wildman–Crippen LogP) is 3.05. The number of nitro benzene ring substituents is 1. The van der Waals surface area contributed by atoms with E-state index in [1.54, 1.807) is 25.1 Å². The number of carbonyl (C=O) groups is 2. The third kappa shape index (κ3) is 4.35. The normalized spacial score (nSPS) is 10.1. The van der Waals surface area contributed by atoms with E-state index in [0.29, 0.717) is 11.3 Å². The van der Waals surface area contributed by atoms with Crippen LogP contribution in [0.5, 0.6) is 0 Å². The van der Waals surface area contributed by atoms with Gasteiger partial charge in [0, 0.05) is 11.8 Å². The van der Waals surface area contributed by atoms with Crippen molar-refractivity contribution in [3.63, 3.8) is 0 Å². The van der Waals surface area contributed by atoms with Gasteiger partial charge in [-0.25, -0.2) is 4.79 Å². The zero-order chi connectivity index (χ0) is 19.3. The van der Waals surface area contributed by atoms with Crippen molar-refractivity contribution in [3.05, 3.63) is 63.2 Å². The number of esters is 1. The smallest absolute Gasteiger partial charge is 0.338 e. The minimum absolute atomic E-state index is 0.112. The summed E-state index contributed by atoms with van der Waals surface area (Å²) in [5.41, 5.74) is 2.56. The molecule has 0 saturated carbocycles. The summed E-state index contributed by atoms with van der Waals surface area (Å²) in [5, 5.41) is 16.4. The number of nitro groups is 1. The summed E-state index contributed by atoms with van der Waals surface area (Å²) in [6, 6.07) is 9.34. The lowest BCUT2D eigenvalue weighted by Gasteiger charge is -2.12. The standard InChI is InChI=1S/C18H19N3O5/c1-11-8-13(9-14(12(11)2)18(23)26-3)20-17(22)10-19-15-6-4-5-7-16(15)21(24)25/h4-9,19H,10H2,1-3H3,(H,20,22). The number of carbonyl (C=O) groups excluding carboxylic acids is 2. The number of nitrogens with one attached hydrogen (secondary N) is 2. The van der Waals surface area contributed by atoms with Crippen molar-refractivity contribution in [1.29, 1.82) is 0 Å². The molecule has 0 heterocycles. The highest BCUT2D eigenvalue weighted by molar-refractivity contribution is 5.97. The Morgan fingerprint density at radius 3 is 2.54 bits per heavy atom. The Labute approximate surface area is 150 Å². The quantitative estimate of drug-likeness (QED) is 0.467. The van der Waals surface area contributed by atoms with Gasteiger partial charge in [-0.2, -0.15) is 0 Å². The molecule has 0 bridgehead atoms. The van der Waals surface area contributed by atoms with Gasteiger partial charge in [-0.05, 0) is 43.2 Å². The Bertz CT molecular complexity index is 864. The summed E-state index contributed by atoms with van der Waals surface area (Å²) in [5.74, 6) is -0.887. The monoisotopic (exact) mass is 357 g/mol. The summed E-state index contributed by atoms with van der Waals surface area (Å²) in [7, 11) is 1.29. The molecule has 2 N–H and O–H groups in total. The molecule has 0 radical (unpaired) electrons. The van der Waals surface area contributed by atoms with Crippen LogP contribution in [0.2, 0.25) is 0 Å². The molecule has 2 rings (SSSR count). The third-order valence-corrected chi connectivity index (χ3v) is 3.90. The van der Waals surface area contributed by atoms with Gasteiger partial charge in [0.05, 0.1) is 24.1 Å². The number of nitrogens with zero attached hydrogens (tertiary/aromatic N) is 1. The Hall–Kier alpha value is -3.42. The van der Waals surface area contributed by atoms with E-state index in [9.17, 15) is 19.7 Å². The SMILES string of the molecule is COC(=O)c1cc(NC(=O)CNc2ccccc2[N+](=O)[O-])cc(C)c1C. The number of ether oxygens (including phenoxy) is 1. The average Bonchev–Trinajstić information content (AvgIpc) is 2.62. The van der Waals surface area contributed by atoms with Gasteiger partial charge in [-0.15, -0.1) is 0 Å². The fourth-order valence-electron chi connectivity index (χ4n) is 2.42. The first-order valence-corrected chi connectivity index (χ1v) is 7.80. The maximum Gasteiger partial charge on any atom is 0.338 e. The lowest BCUT2D eigenvalue weighted by molar-refractivity contribution is -0.383. The van der Waals surface area contributed by atoms with Crippen LogP contribution in [0.1, 0.15) is 21.5 Å². The zero-order valence-corrected chi connectivity index (χ0v) is 14.7. The molecular formula is C18H19N3O5. The highest BCUT2D eigenvalue weighted by Gasteiger charge is 2.15. The lowest BCUT2D eigenvalue weighted by Crippen LogP contribution is -2.22. The van der Waals surface area contributed by atoms with Gasteiger partial charge in [-0.3, -0.25) is 14.9 Å². The number of methoxy groups -OCH3 is 1. The van der Waals surface area contributed by atoms with Crippen LogP contribution in [-0.4, -0.2) is 30.5 Å². The van der Waals surface area contributed by atoms with Gasteiger partial charge in [0.15, 0.2) is 0 Å². The van der Waals surface area contributed by atoms with E-state index in [0.717, 1.165) is 11.1 Å². The van der Waals surface area contributed by atoms with Gasteiger partial charge in [0.1, 0.15) is 5.69 Å². The molecule has 26 heavy (non-hydrogen) atoms. The van der Waals surface area contributed by atoms with Crippen molar-refractivity contribution in [2.45, 2.75) is 13.8 Å². The van der Waals surface area contributed by atoms with Gasteiger partial charge in [-0.1, -0.05) is 12.1 Å². The van der Waals surface area contributed by atoms with Crippen LogP contribution in [0.4, 0.5) is 17.1 Å². The Kier molecular flexibility index (Phi) is 5.90. The largest absolute Gasteiger partial charge is 0.465 e. The molecule has 0 aliphatic heterocycles. The van der Waals surface area contributed by atoms with Crippen molar-refractivity contribution in [2.24, 2.45) is 0 Å². The van der Waals surface area contributed by atoms with Gasteiger partial charge < -0.3 is 15.4 Å². The Balaban J connectivity index is 2.10. The van der Waals surface area contributed by atoms with Crippen LogP contribution in [0.15, 0.2) is 36.4 Å². The topological polar surface area (TPSA) is 111 Å². The van der Waals surface area contributed by atoms with Crippen molar-refractivity contribution < 1.29 is 19.2 Å². The number of hydrogen-bond donors (Lipinski definition) is 2. The lowest BCUT2D eigenvalue weighted by atomic mass is 10.0. The summed E-state index contributed by atoms with van der Waals surface area (Å²) < 4.78 is 4.75. The molecule has 0 unspecified atom stereocenters. The maximum absolute atomic E-state index is 12.2. The van der Waals surface area contributed by atoms with Crippen LogP contribution in [0, 0.1) is 24.0 Å². The van der Waals surface area contributed by atoms with Gasteiger partial charge in [0.25, 0.3) is 5.69 Å². The zero-order valence-electron chi connectivity index (χ0n) is 14.7. The second kappa shape index (κ2) is 8.11. The summed E-state index contributed by atoms with van der Waals surface area (Å²) in [4.78, 5) is 34.4. The molecule has 136 valence electrons. The first-order chi connectivity index (χ1) is 12.3. The summed E-state index contributed by atoms with van der Waals surface area (Å²) in [6.07, 6.45) is 0. The number of aryl methyl sites for hydroxylation is 1. The van der Waals surface area contributed by atoms with Crippen LogP contribution in [-0.2, 0) is 9.53 Å². The minimum Gasteiger partial charge on any atom is -0.465 e.